The van der Waals surface area contributed by atoms with Crippen LogP contribution in [0.5, 0.6) is 0 Å². The number of rotatable bonds is 4. The number of carbonyl (C=O) groups is 1. The van der Waals surface area contributed by atoms with Crippen LogP contribution in [0.4, 0.5) is 4.79 Å². The molecule has 0 bridgehead atoms. The second kappa shape index (κ2) is 6.95. The maximum Gasteiger partial charge on any atom is 0.411 e. The van der Waals surface area contributed by atoms with Crippen molar-refractivity contribution < 1.29 is 9.53 Å². The molecule has 0 aromatic carbocycles. The molecule has 18 heavy (non-hydrogen) atoms. The first kappa shape index (κ1) is 13.6. The summed E-state index contributed by atoms with van der Waals surface area (Å²) in [6.07, 6.45) is 4.55. The summed E-state index contributed by atoms with van der Waals surface area (Å²) in [6, 6.07) is 0. The van der Waals surface area contributed by atoms with E-state index < -0.39 is 0 Å². The predicted molar refractivity (Wildman–Crippen MR) is 70.4 cm³/mol. The lowest BCUT2D eigenvalue weighted by molar-refractivity contribution is 0.0239. The van der Waals surface area contributed by atoms with E-state index >= 15 is 0 Å². The van der Waals surface area contributed by atoms with E-state index in [4.69, 9.17) is 4.74 Å². The van der Waals surface area contributed by atoms with Gasteiger partial charge in [-0.15, -0.1) is 0 Å². The van der Waals surface area contributed by atoms with Crippen molar-refractivity contribution in [2.24, 2.45) is 0 Å². The maximum absolute atomic E-state index is 12.1. The third-order valence-corrected chi connectivity index (χ3v) is 3.74. The smallest absolute Gasteiger partial charge is 0.411 e. The Morgan fingerprint density at radius 2 is 2.11 bits per heavy atom. The number of carbonyl (C=O) groups excluding carboxylic acids is 1. The van der Waals surface area contributed by atoms with Crippen molar-refractivity contribution in [3.8, 4) is 0 Å². The van der Waals surface area contributed by atoms with Crippen LogP contribution >= 0.6 is 0 Å². The lowest BCUT2D eigenvalue weighted by Gasteiger charge is -2.40. The number of ether oxygens (including phenoxy) is 1. The van der Waals surface area contributed by atoms with Crippen LogP contribution in [0.3, 0.4) is 0 Å². The molecule has 0 aromatic rings. The summed E-state index contributed by atoms with van der Waals surface area (Å²) in [5, 5.41) is 3.37. The van der Waals surface area contributed by atoms with E-state index in [-0.39, 0.29) is 12.3 Å². The van der Waals surface area contributed by atoms with Crippen LogP contribution in [0.15, 0.2) is 0 Å². The van der Waals surface area contributed by atoms with Crippen LogP contribution in [0.1, 0.15) is 32.6 Å². The van der Waals surface area contributed by atoms with E-state index in [1.54, 1.807) is 0 Å². The number of hydrogen-bond acceptors (Lipinski definition) is 4. The third-order valence-electron chi connectivity index (χ3n) is 3.74. The minimum atomic E-state index is -0.137. The van der Waals surface area contributed by atoms with Crippen LogP contribution in [0.25, 0.3) is 0 Å². The number of piperazine rings is 1. The van der Waals surface area contributed by atoms with Crippen molar-refractivity contribution in [1.82, 2.24) is 15.1 Å². The molecule has 1 N–H and O–H groups in total. The van der Waals surface area contributed by atoms with E-state index in [2.05, 4.69) is 17.1 Å². The highest BCUT2D eigenvalue weighted by Gasteiger charge is 2.33. The third kappa shape index (κ3) is 3.36. The van der Waals surface area contributed by atoms with E-state index in [1.165, 1.54) is 12.8 Å². The summed E-state index contributed by atoms with van der Waals surface area (Å²) < 4.78 is 5.34. The minimum Gasteiger partial charge on any atom is -0.449 e. The molecule has 1 unspecified atom stereocenters. The molecular formula is C13H25N3O2. The Kier molecular flexibility index (Phi) is 5.26. The van der Waals surface area contributed by atoms with Crippen molar-refractivity contribution in [1.29, 1.82) is 0 Å². The molecule has 0 aliphatic carbocycles. The molecule has 2 aliphatic heterocycles. The molecule has 5 heteroatoms. The van der Waals surface area contributed by atoms with Gasteiger partial charge in [-0.25, -0.2) is 4.79 Å². The molecule has 0 radical (unpaired) electrons. The van der Waals surface area contributed by atoms with Crippen molar-refractivity contribution in [2.45, 2.75) is 38.8 Å². The van der Waals surface area contributed by atoms with Gasteiger partial charge in [0.05, 0.1) is 6.61 Å². The monoisotopic (exact) mass is 255 g/mol. The fourth-order valence-corrected chi connectivity index (χ4v) is 2.66. The number of nitrogens with one attached hydrogen (secondary N) is 1. The molecule has 0 spiro atoms. The summed E-state index contributed by atoms with van der Waals surface area (Å²) in [4.78, 5) is 16.4. The van der Waals surface area contributed by atoms with Gasteiger partial charge in [-0.1, -0.05) is 13.3 Å². The standard InChI is InChI=1S/C13H25N3O2/c1-2-3-10-18-13(17)16-9-6-14-11-12(16)15-7-4-5-8-15/h12,14H,2-11H2,1H3. The Labute approximate surface area is 109 Å². The molecule has 2 saturated heterocycles. The van der Waals surface area contributed by atoms with Gasteiger partial charge in [0, 0.05) is 32.7 Å². The number of unbranched alkanes of at least 4 members (excludes halogenated alkanes) is 1. The second-order valence-electron chi connectivity index (χ2n) is 5.09. The first-order valence-electron chi connectivity index (χ1n) is 7.21. The summed E-state index contributed by atoms with van der Waals surface area (Å²) >= 11 is 0. The summed E-state index contributed by atoms with van der Waals surface area (Å²) in [5.41, 5.74) is 0. The number of amides is 1. The minimum absolute atomic E-state index is 0.137. The van der Waals surface area contributed by atoms with Crippen molar-refractivity contribution in [3.63, 3.8) is 0 Å². The highest BCUT2D eigenvalue weighted by Crippen LogP contribution is 2.17. The quantitative estimate of drug-likeness (QED) is 0.768. The summed E-state index contributed by atoms with van der Waals surface area (Å²) in [6.45, 7) is 7.34. The topological polar surface area (TPSA) is 44.8 Å². The van der Waals surface area contributed by atoms with Crippen molar-refractivity contribution >= 4 is 6.09 Å². The molecule has 2 aliphatic rings. The average Bonchev–Trinajstić information content (AvgIpc) is 2.93. The highest BCUT2D eigenvalue weighted by molar-refractivity contribution is 5.68. The first-order valence-corrected chi connectivity index (χ1v) is 7.21. The SMILES string of the molecule is CCCCOC(=O)N1CCNCC1N1CCCC1. The van der Waals surface area contributed by atoms with Gasteiger partial charge in [-0.05, 0) is 19.3 Å². The van der Waals surface area contributed by atoms with Gasteiger partial charge in [0.15, 0.2) is 0 Å². The summed E-state index contributed by atoms with van der Waals surface area (Å²) in [7, 11) is 0. The Balaban J connectivity index is 1.87. The van der Waals surface area contributed by atoms with E-state index in [0.29, 0.717) is 6.61 Å². The van der Waals surface area contributed by atoms with Gasteiger partial charge in [0.2, 0.25) is 0 Å². The zero-order valence-corrected chi connectivity index (χ0v) is 11.4. The zero-order chi connectivity index (χ0) is 12.8. The first-order chi connectivity index (χ1) is 8.83. The average molecular weight is 255 g/mol. The van der Waals surface area contributed by atoms with Gasteiger partial charge in [0.1, 0.15) is 6.17 Å². The molecule has 1 amide bonds. The lowest BCUT2D eigenvalue weighted by atomic mass is 10.3. The molecule has 5 nitrogen and oxygen atoms in total. The van der Waals surface area contributed by atoms with Crippen LogP contribution in [0.2, 0.25) is 0 Å². The largest absolute Gasteiger partial charge is 0.449 e. The van der Waals surface area contributed by atoms with E-state index in [0.717, 1.165) is 45.6 Å². The van der Waals surface area contributed by atoms with Crippen molar-refractivity contribution in [2.75, 3.05) is 39.3 Å². The Bertz CT molecular complexity index is 267. The number of hydrogen-bond donors (Lipinski definition) is 1. The van der Waals surface area contributed by atoms with Crippen LogP contribution < -0.4 is 5.32 Å². The molecule has 0 saturated carbocycles. The van der Waals surface area contributed by atoms with Gasteiger partial charge >= 0.3 is 6.09 Å². The van der Waals surface area contributed by atoms with Crippen molar-refractivity contribution in [3.05, 3.63) is 0 Å². The lowest BCUT2D eigenvalue weighted by Crippen LogP contribution is -2.60. The molecule has 2 heterocycles. The van der Waals surface area contributed by atoms with Crippen LogP contribution in [0, 0.1) is 0 Å². The fraction of sp³-hybridized carbons (Fsp3) is 0.923. The molecular weight excluding hydrogens is 230 g/mol. The van der Waals surface area contributed by atoms with E-state index in [1.807, 2.05) is 4.90 Å². The van der Waals surface area contributed by atoms with Gasteiger partial charge in [0.25, 0.3) is 0 Å². The summed E-state index contributed by atoms with van der Waals surface area (Å²) in [5.74, 6) is 0. The molecule has 1 atom stereocenters. The molecule has 2 rings (SSSR count). The fourth-order valence-electron chi connectivity index (χ4n) is 2.66. The maximum atomic E-state index is 12.1. The second-order valence-corrected chi connectivity index (χ2v) is 5.09. The molecule has 104 valence electrons. The molecule has 2 fully saturated rings. The van der Waals surface area contributed by atoms with Crippen LogP contribution in [-0.4, -0.2) is 61.4 Å². The van der Waals surface area contributed by atoms with Crippen LogP contribution in [-0.2, 0) is 4.74 Å². The zero-order valence-electron chi connectivity index (χ0n) is 11.4. The molecule has 0 aromatic heterocycles. The van der Waals surface area contributed by atoms with Gasteiger partial charge in [-0.2, -0.15) is 0 Å². The van der Waals surface area contributed by atoms with Gasteiger partial charge < -0.3 is 10.1 Å². The Morgan fingerprint density at radius 3 is 2.83 bits per heavy atom. The number of nitrogens with zero attached hydrogens (tertiary/aromatic N) is 2. The van der Waals surface area contributed by atoms with Gasteiger partial charge in [-0.3, -0.25) is 9.80 Å². The Morgan fingerprint density at radius 1 is 1.33 bits per heavy atom. The predicted octanol–water partition coefficient (Wildman–Crippen LogP) is 1.25. The van der Waals surface area contributed by atoms with E-state index in [9.17, 15) is 4.79 Å². The highest BCUT2D eigenvalue weighted by atomic mass is 16.6. The number of likely N-dealkylation sites (tertiary alicyclic amines) is 1. The Hall–Kier alpha value is -0.810. The normalized spacial score (nSPS) is 25.4.